The summed E-state index contributed by atoms with van der Waals surface area (Å²) in [5, 5.41) is 21.0. The predicted molar refractivity (Wildman–Crippen MR) is 63.6 cm³/mol. The molecule has 0 spiro atoms. The van der Waals surface area contributed by atoms with Crippen LogP contribution < -0.4 is 9.29 Å². The van der Waals surface area contributed by atoms with Gasteiger partial charge in [-0.15, -0.1) is 0 Å². The third kappa shape index (κ3) is 2.19. The van der Waals surface area contributed by atoms with Crippen molar-refractivity contribution in [1.29, 1.82) is 5.39 Å². The van der Waals surface area contributed by atoms with E-state index in [2.05, 4.69) is 4.98 Å². The Morgan fingerprint density at radius 2 is 1.94 bits per heavy atom. The average molecular weight is 264 g/mol. The van der Waals surface area contributed by atoms with Crippen LogP contribution in [0.15, 0.2) is 30.3 Å². The van der Waals surface area contributed by atoms with Crippen LogP contribution >= 0.6 is 0 Å². The molecule has 2 aromatic carbocycles. The molecule has 2 aromatic rings. The molecule has 0 aliphatic heterocycles. The first-order chi connectivity index (χ1) is 8.42. The summed E-state index contributed by atoms with van der Waals surface area (Å²) in [5.74, 6) is -0.425. The molecule has 0 heterocycles. The summed E-state index contributed by atoms with van der Waals surface area (Å²) in [6.07, 6.45) is 0.918. The first-order valence-corrected chi connectivity index (χ1v) is 6.71. The van der Waals surface area contributed by atoms with Crippen molar-refractivity contribution in [2.45, 2.75) is 0 Å². The number of benzene rings is 2. The van der Waals surface area contributed by atoms with Crippen molar-refractivity contribution in [3.05, 3.63) is 35.3 Å². The summed E-state index contributed by atoms with van der Waals surface area (Å²) in [5.41, 5.74) is -0.112. The average Bonchev–Trinajstić information content (AvgIpc) is 2.28. The minimum Gasteiger partial charge on any atom is -0.867 e. The van der Waals surface area contributed by atoms with Crippen molar-refractivity contribution in [3.8, 4) is 11.5 Å². The minimum atomic E-state index is -3.67. The zero-order chi connectivity index (χ0) is 13.3. The van der Waals surface area contributed by atoms with Crippen LogP contribution in [0.2, 0.25) is 0 Å². The van der Waals surface area contributed by atoms with Crippen LogP contribution in [0.3, 0.4) is 0 Å². The van der Waals surface area contributed by atoms with Gasteiger partial charge < -0.3 is 9.29 Å². The van der Waals surface area contributed by atoms with Crippen molar-refractivity contribution in [2.24, 2.45) is 0 Å². The van der Waals surface area contributed by atoms with Crippen LogP contribution in [0.1, 0.15) is 0 Å². The van der Waals surface area contributed by atoms with Crippen molar-refractivity contribution in [3.63, 3.8) is 0 Å². The van der Waals surface area contributed by atoms with Crippen LogP contribution in [0.4, 0.5) is 5.69 Å². The van der Waals surface area contributed by atoms with Crippen molar-refractivity contribution in [2.75, 3.05) is 6.26 Å². The van der Waals surface area contributed by atoms with E-state index >= 15 is 0 Å². The molecule has 0 aliphatic carbocycles. The van der Waals surface area contributed by atoms with Gasteiger partial charge in [-0.1, -0.05) is 12.1 Å². The van der Waals surface area contributed by atoms with Gasteiger partial charge in [-0.05, 0) is 23.3 Å². The Kier molecular flexibility index (Phi) is 2.80. The minimum absolute atomic E-state index is 0.0663. The van der Waals surface area contributed by atoms with Gasteiger partial charge in [0, 0.05) is 11.5 Å². The lowest BCUT2D eigenvalue weighted by atomic mass is 10.1. The molecule has 6 nitrogen and oxygen atoms in total. The molecule has 0 saturated carbocycles. The van der Waals surface area contributed by atoms with Crippen molar-refractivity contribution >= 4 is 26.6 Å². The molecule has 0 aliphatic rings. The molecule has 0 aromatic heterocycles. The van der Waals surface area contributed by atoms with E-state index in [0.717, 1.165) is 6.26 Å². The molecule has 0 bridgehead atoms. The van der Waals surface area contributed by atoms with Gasteiger partial charge in [-0.2, -0.15) is 8.42 Å². The van der Waals surface area contributed by atoms with Gasteiger partial charge in [-0.25, -0.2) is 0 Å². The smallest absolute Gasteiger partial charge is 0.378 e. The standard InChI is InChI=1S/C11H8N2O4S/c1-18(15,16)17-10-4-2-3-8-7(10)5-6-9(13-12)11(8)14/h2-6H,1H3. The van der Waals surface area contributed by atoms with E-state index in [0.29, 0.717) is 5.39 Å². The Morgan fingerprint density at radius 1 is 1.22 bits per heavy atom. The van der Waals surface area contributed by atoms with E-state index in [1.54, 1.807) is 0 Å². The normalized spacial score (nSPS) is 11.1. The molecular formula is C11H8N2O4S. The zero-order valence-electron chi connectivity index (χ0n) is 9.32. The number of hydrogen-bond donors (Lipinski definition) is 0. The van der Waals surface area contributed by atoms with E-state index < -0.39 is 15.9 Å². The van der Waals surface area contributed by atoms with Gasteiger partial charge in [0.15, 0.2) is 4.98 Å². The van der Waals surface area contributed by atoms with Gasteiger partial charge in [0.2, 0.25) is 5.39 Å². The monoisotopic (exact) mass is 264 g/mol. The molecule has 0 amide bonds. The van der Waals surface area contributed by atoms with E-state index in [1.807, 2.05) is 0 Å². The van der Waals surface area contributed by atoms with Crippen LogP contribution in [-0.2, 0) is 10.1 Å². The number of nitrogens with zero attached hydrogens (tertiary/aromatic N) is 2. The number of rotatable bonds is 2. The van der Waals surface area contributed by atoms with Crippen LogP contribution in [0, 0.1) is 5.39 Å². The molecule has 0 saturated heterocycles. The lowest BCUT2D eigenvalue weighted by Gasteiger charge is -2.10. The molecule has 0 fully saturated rings. The van der Waals surface area contributed by atoms with E-state index in [4.69, 9.17) is 9.58 Å². The quantitative estimate of drug-likeness (QED) is 0.608. The molecule has 0 atom stereocenters. The van der Waals surface area contributed by atoms with Gasteiger partial charge in [0.05, 0.1) is 6.26 Å². The largest absolute Gasteiger partial charge is 0.867 e. The summed E-state index contributed by atoms with van der Waals surface area (Å²) in [4.78, 5) is 2.85. The fourth-order valence-corrected chi connectivity index (χ4v) is 2.08. The Hall–Kier alpha value is -2.33. The maximum atomic E-state index is 11.8. The topological polar surface area (TPSA) is 94.6 Å². The molecule has 18 heavy (non-hydrogen) atoms. The number of fused-ring (bicyclic) bond motifs is 1. The zero-order valence-corrected chi connectivity index (χ0v) is 10.1. The highest BCUT2D eigenvalue weighted by Crippen LogP contribution is 2.36. The molecular weight excluding hydrogens is 256 g/mol. The van der Waals surface area contributed by atoms with E-state index in [1.165, 1.54) is 30.3 Å². The lowest BCUT2D eigenvalue weighted by molar-refractivity contribution is -0.264. The van der Waals surface area contributed by atoms with Gasteiger partial charge in [0.1, 0.15) is 5.75 Å². The number of hydrogen-bond acceptors (Lipinski definition) is 5. The first-order valence-electron chi connectivity index (χ1n) is 4.89. The highest BCUT2D eigenvalue weighted by atomic mass is 32.2. The molecule has 0 unspecified atom stereocenters. The van der Waals surface area contributed by atoms with Crippen LogP contribution in [0.5, 0.6) is 11.5 Å². The lowest BCUT2D eigenvalue weighted by Crippen LogP contribution is -2.06. The maximum absolute atomic E-state index is 11.8. The fourth-order valence-electron chi connectivity index (χ4n) is 1.60. The second-order valence-electron chi connectivity index (χ2n) is 3.65. The van der Waals surface area contributed by atoms with Gasteiger partial charge in [0.25, 0.3) is 0 Å². The van der Waals surface area contributed by atoms with Gasteiger partial charge >= 0.3 is 15.8 Å². The fraction of sp³-hybridized carbons (Fsp3) is 0.0909. The summed E-state index contributed by atoms with van der Waals surface area (Å²) in [6, 6.07) is 7.19. The molecule has 92 valence electrons. The Bertz CT molecular complexity index is 762. The van der Waals surface area contributed by atoms with Crippen LogP contribution in [0.25, 0.3) is 15.7 Å². The molecule has 0 N–H and O–H groups in total. The highest BCUT2D eigenvalue weighted by molar-refractivity contribution is 7.86. The second kappa shape index (κ2) is 4.16. The summed E-state index contributed by atoms with van der Waals surface area (Å²) < 4.78 is 27.0. The Labute approximate surface area is 103 Å². The third-order valence-electron chi connectivity index (χ3n) is 2.30. The summed E-state index contributed by atoms with van der Waals surface area (Å²) in [7, 11) is -3.67. The van der Waals surface area contributed by atoms with Crippen molar-refractivity contribution in [1.82, 2.24) is 0 Å². The maximum Gasteiger partial charge on any atom is 0.378 e. The summed E-state index contributed by atoms with van der Waals surface area (Å²) >= 11 is 0. The van der Waals surface area contributed by atoms with Crippen molar-refractivity contribution < 1.29 is 17.7 Å². The second-order valence-corrected chi connectivity index (χ2v) is 5.23. The van der Waals surface area contributed by atoms with Crippen LogP contribution in [-0.4, -0.2) is 14.7 Å². The van der Waals surface area contributed by atoms with E-state index in [9.17, 15) is 13.5 Å². The highest BCUT2D eigenvalue weighted by Gasteiger charge is 2.13. The molecule has 2 rings (SSSR count). The Morgan fingerprint density at radius 3 is 2.56 bits per heavy atom. The van der Waals surface area contributed by atoms with E-state index in [-0.39, 0.29) is 16.8 Å². The first kappa shape index (κ1) is 12.1. The summed E-state index contributed by atoms with van der Waals surface area (Å²) in [6.45, 7) is 0. The molecule has 0 radical (unpaired) electrons. The predicted octanol–water partition coefficient (Wildman–Crippen LogP) is 1.74. The van der Waals surface area contributed by atoms with Gasteiger partial charge in [-0.3, -0.25) is 0 Å². The number of diazo groups is 1. The SMILES string of the molecule is CS(=O)(=O)Oc1cccc2c([O-])c([N+]#N)ccc12. The molecule has 7 heteroatoms. The third-order valence-corrected chi connectivity index (χ3v) is 2.78. The Balaban J connectivity index is 2.73.